The van der Waals surface area contributed by atoms with Gasteiger partial charge in [0.1, 0.15) is 40.8 Å². The molecule has 0 aliphatic carbocycles. The van der Waals surface area contributed by atoms with Crippen LogP contribution in [0, 0.1) is 5.92 Å². The van der Waals surface area contributed by atoms with Gasteiger partial charge in [-0.15, -0.1) is 0 Å². The number of nitrogens with two attached hydrogens (primary N) is 1. The molecule has 4 N–H and O–H groups in total. The molecule has 1 aromatic carbocycles. The van der Waals surface area contributed by atoms with Crippen LogP contribution in [0.3, 0.4) is 0 Å². The number of aromatic nitrogens is 4. The number of fused-ring (bicyclic) bond motifs is 3. The van der Waals surface area contributed by atoms with Gasteiger partial charge in [-0.1, -0.05) is 13.0 Å². The molecule has 0 bridgehead atoms. The fourth-order valence-electron chi connectivity index (χ4n) is 5.14. The van der Waals surface area contributed by atoms with E-state index in [0.29, 0.717) is 39.1 Å². The van der Waals surface area contributed by atoms with E-state index in [0.717, 1.165) is 5.39 Å². The summed E-state index contributed by atoms with van der Waals surface area (Å²) in [6.07, 6.45) is 1.89. The highest BCUT2D eigenvalue weighted by Crippen LogP contribution is 2.34. The number of hydrogen-bond acceptors (Lipinski definition) is 7. The van der Waals surface area contributed by atoms with Gasteiger partial charge in [-0.05, 0) is 65.5 Å². The van der Waals surface area contributed by atoms with Gasteiger partial charge in [-0.25, -0.2) is 15.0 Å². The molecule has 3 aromatic heterocycles. The molecule has 38 heavy (non-hydrogen) atoms. The van der Waals surface area contributed by atoms with E-state index in [2.05, 4.69) is 41.5 Å². The Morgan fingerprint density at radius 2 is 1.92 bits per heavy atom. The van der Waals surface area contributed by atoms with Crippen LogP contribution < -0.4 is 16.4 Å². The highest BCUT2D eigenvalue weighted by Gasteiger charge is 2.43. The van der Waals surface area contributed by atoms with Crippen molar-refractivity contribution in [2.45, 2.75) is 45.8 Å². The molecule has 1 fully saturated rings. The number of carbonyl (C=O) groups is 3. The van der Waals surface area contributed by atoms with Crippen LogP contribution in [0.2, 0.25) is 0 Å². The number of rotatable bonds is 5. The smallest absolute Gasteiger partial charge is 0.248 e. The molecule has 0 saturated carbocycles. The minimum atomic E-state index is -0.646. The minimum absolute atomic E-state index is 0.0497. The lowest BCUT2D eigenvalue weighted by Gasteiger charge is -2.29. The maximum Gasteiger partial charge on any atom is 0.248 e. The van der Waals surface area contributed by atoms with Crippen molar-refractivity contribution in [3.05, 3.63) is 47.3 Å². The number of nitrogens with zero attached hydrogens (tertiary/aromatic N) is 5. The van der Waals surface area contributed by atoms with Gasteiger partial charge < -0.3 is 25.8 Å². The number of anilines is 3. The second-order valence-electron chi connectivity index (χ2n) is 9.56. The van der Waals surface area contributed by atoms with Gasteiger partial charge in [0.05, 0.1) is 10.9 Å². The van der Waals surface area contributed by atoms with E-state index in [1.807, 2.05) is 19.9 Å². The predicted octanol–water partition coefficient (Wildman–Crippen LogP) is 3.55. The molecule has 11 nitrogen and oxygen atoms in total. The summed E-state index contributed by atoms with van der Waals surface area (Å²) in [6.45, 7) is 5.37. The molecule has 4 aromatic rings. The number of benzene rings is 1. The van der Waals surface area contributed by atoms with Crippen LogP contribution in [0.4, 0.5) is 17.3 Å². The van der Waals surface area contributed by atoms with Gasteiger partial charge in [0.15, 0.2) is 0 Å². The monoisotopic (exact) mass is 578 g/mol. The van der Waals surface area contributed by atoms with Crippen molar-refractivity contribution in [2.24, 2.45) is 5.92 Å². The predicted molar refractivity (Wildman–Crippen MR) is 148 cm³/mol. The fourth-order valence-corrected chi connectivity index (χ4v) is 5.48. The largest absolute Gasteiger partial charge is 0.383 e. The van der Waals surface area contributed by atoms with Crippen LogP contribution in [0.1, 0.15) is 27.2 Å². The van der Waals surface area contributed by atoms with Gasteiger partial charge in [0.25, 0.3) is 0 Å². The van der Waals surface area contributed by atoms with Crippen LogP contribution in [0.25, 0.3) is 21.9 Å². The Labute approximate surface area is 226 Å². The second kappa shape index (κ2) is 10.0. The lowest BCUT2D eigenvalue weighted by Crippen LogP contribution is -2.47. The summed E-state index contributed by atoms with van der Waals surface area (Å²) in [5, 5.41) is 6.93. The molecule has 1 saturated heterocycles. The van der Waals surface area contributed by atoms with Crippen LogP contribution in [0.15, 0.2) is 47.3 Å². The van der Waals surface area contributed by atoms with Gasteiger partial charge in [0.2, 0.25) is 17.7 Å². The Hall–Kier alpha value is -4.06. The van der Waals surface area contributed by atoms with Crippen molar-refractivity contribution in [1.29, 1.82) is 0 Å². The number of amides is 3. The van der Waals surface area contributed by atoms with Crippen molar-refractivity contribution in [3.63, 3.8) is 0 Å². The molecule has 1 aliphatic rings. The molecule has 4 heterocycles. The highest BCUT2D eigenvalue weighted by molar-refractivity contribution is 9.10. The summed E-state index contributed by atoms with van der Waals surface area (Å²) in [4.78, 5) is 53.2. The Balaban J connectivity index is 1.50. The molecule has 0 radical (unpaired) electrons. The third-order valence-corrected chi connectivity index (χ3v) is 7.47. The average molecular weight is 579 g/mol. The molecule has 196 valence electrons. The first kappa shape index (κ1) is 25.6. The quantitative estimate of drug-likeness (QED) is 0.306. The van der Waals surface area contributed by atoms with Crippen molar-refractivity contribution in [3.8, 4) is 0 Å². The van der Waals surface area contributed by atoms with E-state index < -0.39 is 6.04 Å². The first-order valence-corrected chi connectivity index (χ1v) is 13.0. The average Bonchev–Trinajstić information content (AvgIpc) is 3.33. The number of likely N-dealkylation sites (tertiary alicyclic amines) is 1. The lowest BCUT2D eigenvalue weighted by molar-refractivity contribution is -0.139. The summed E-state index contributed by atoms with van der Waals surface area (Å²) in [5.74, 6) is 0.107. The zero-order chi connectivity index (χ0) is 27.1. The topological polar surface area (TPSA) is 148 Å². The maximum absolute atomic E-state index is 13.8. The Morgan fingerprint density at radius 1 is 1.13 bits per heavy atom. The SMILES string of the molecule is CC(=O)Nc1ccc2c(c1)c1c(N)ncnc1n2CC(=O)N1[C@H](C)[C@H](C)C[C@H]1C(=O)Nc1cccc(Br)n1. The van der Waals surface area contributed by atoms with E-state index in [9.17, 15) is 14.4 Å². The Kier molecular flexibility index (Phi) is 6.74. The Bertz CT molecular complexity index is 1590. The molecule has 3 amide bonds. The summed E-state index contributed by atoms with van der Waals surface area (Å²) < 4.78 is 2.38. The zero-order valence-electron chi connectivity index (χ0n) is 21.1. The van der Waals surface area contributed by atoms with Gasteiger partial charge >= 0.3 is 0 Å². The van der Waals surface area contributed by atoms with E-state index in [1.165, 1.54) is 13.3 Å². The van der Waals surface area contributed by atoms with Crippen LogP contribution in [-0.2, 0) is 20.9 Å². The second-order valence-corrected chi connectivity index (χ2v) is 10.4. The van der Waals surface area contributed by atoms with Crippen molar-refractivity contribution < 1.29 is 14.4 Å². The van der Waals surface area contributed by atoms with Crippen LogP contribution in [-0.4, -0.2) is 54.2 Å². The zero-order valence-corrected chi connectivity index (χ0v) is 22.7. The number of nitrogens with one attached hydrogen (secondary N) is 2. The number of nitrogen functional groups attached to an aromatic ring is 1. The molecule has 0 unspecified atom stereocenters. The third kappa shape index (κ3) is 4.67. The summed E-state index contributed by atoms with van der Waals surface area (Å²) in [5.41, 5.74) is 8.03. The normalized spacial score (nSPS) is 19.2. The summed E-state index contributed by atoms with van der Waals surface area (Å²) >= 11 is 3.31. The molecule has 3 atom stereocenters. The number of hydrogen-bond donors (Lipinski definition) is 3. The highest BCUT2D eigenvalue weighted by atomic mass is 79.9. The summed E-state index contributed by atoms with van der Waals surface area (Å²) in [7, 11) is 0. The van der Waals surface area contributed by atoms with E-state index in [4.69, 9.17) is 5.73 Å². The molecular formula is C26H27BrN8O3. The van der Waals surface area contributed by atoms with Crippen molar-refractivity contribution in [1.82, 2.24) is 24.4 Å². The first-order chi connectivity index (χ1) is 18.1. The van der Waals surface area contributed by atoms with Crippen molar-refractivity contribution in [2.75, 3.05) is 16.4 Å². The first-order valence-electron chi connectivity index (χ1n) is 12.2. The van der Waals surface area contributed by atoms with E-state index in [-0.39, 0.29) is 42.0 Å². The third-order valence-electron chi connectivity index (χ3n) is 7.03. The number of halogens is 1. The molecule has 5 rings (SSSR count). The maximum atomic E-state index is 13.8. The minimum Gasteiger partial charge on any atom is -0.383 e. The van der Waals surface area contributed by atoms with E-state index in [1.54, 1.807) is 39.8 Å². The molecular weight excluding hydrogens is 552 g/mol. The molecule has 0 spiro atoms. The fraction of sp³-hybridized carbons (Fsp3) is 0.308. The van der Waals surface area contributed by atoms with Crippen LogP contribution in [0.5, 0.6) is 0 Å². The Morgan fingerprint density at radius 3 is 2.66 bits per heavy atom. The number of pyridine rings is 1. The molecule has 1 aliphatic heterocycles. The van der Waals surface area contributed by atoms with E-state index >= 15 is 0 Å². The lowest BCUT2D eigenvalue weighted by atomic mass is 10.0. The van der Waals surface area contributed by atoms with Gasteiger partial charge in [-0.3, -0.25) is 14.4 Å². The number of carbonyl (C=O) groups excluding carboxylic acids is 3. The van der Waals surface area contributed by atoms with Gasteiger partial charge in [0, 0.05) is 24.0 Å². The van der Waals surface area contributed by atoms with Crippen molar-refractivity contribution >= 4 is 72.9 Å². The van der Waals surface area contributed by atoms with Crippen LogP contribution >= 0.6 is 15.9 Å². The standard InChI is InChI=1S/C26H27BrN8O3/c1-13-9-19(26(38)33-21-6-4-5-20(27)32-21)35(14(13)2)22(37)11-34-18-8-7-16(31-15(3)36)10-17(18)23-24(28)29-12-30-25(23)34/h4-8,10,12-14,19H,9,11H2,1-3H3,(H,31,36)(H2,28,29,30)(H,32,33,38)/t13-,14-,19+/m1/s1. The summed E-state index contributed by atoms with van der Waals surface area (Å²) in [6, 6.07) is 9.83. The van der Waals surface area contributed by atoms with Gasteiger partial charge in [-0.2, -0.15) is 0 Å². The molecule has 12 heteroatoms.